The van der Waals surface area contributed by atoms with Crippen LogP contribution in [0, 0.1) is 10.1 Å². The van der Waals surface area contributed by atoms with E-state index in [0.717, 1.165) is 11.1 Å². The number of hydrogen-bond acceptors (Lipinski definition) is 5. The van der Waals surface area contributed by atoms with Crippen LogP contribution in [-0.4, -0.2) is 15.1 Å². The third-order valence-corrected chi connectivity index (χ3v) is 3.34. The molecule has 0 bridgehead atoms. The van der Waals surface area contributed by atoms with Crippen molar-refractivity contribution in [2.24, 2.45) is 0 Å². The minimum atomic E-state index is -0.450. The molecule has 0 aliphatic rings. The Balaban J connectivity index is 1.87. The first-order valence-corrected chi connectivity index (χ1v) is 7.09. The summed E-state index contributed by atoms with van der Waals surface area (Å²) < 4.78 is 0. The van der Waals surface area contributed by atoms with Crippen molar-refractivity contribution in [3.8, 4) is 11.3 Å². The van der Waals surface area contributed by atoms with E-state index in [-0.39, 0.29) is 11.5 Å². The molecule has 6 heteroatoms. The SMILES string of the molecule is O=[N+]([O-])c1cc(-c2ccccc2)nnc1NCc1ccccc1. The summed E-state index contributed by atoms with van der Waals surface area (Å²) in [6, 6.07) is 20.3. The summed E-state index contributed by atoms with van der Waals surface area (Å²) in [5.74, 6) is 0.165. The number of hydrogen-bond donors (Lipinski definition) is 1. The molecule has 6 nitrogen and oxygen atoms in total. The van der Waals surface area contributed by atoms with Crippen LogP contribution in [0.25, 0.3) is 11.3 Å². The van der Waals surface area contributed by atoms with Gasteiger partial charge in [-0.15, -0.1) is 10.2 Å². The van der Waals surface area contributed by atoms with Crippen LogP contribution in [0.1, 0.15) is 5.56 Å². The second-order valence-corrected chi connectivity index (χ2v) is 4.93. The van der Waals surface area contributed by atoms with E-state index < -0.39 is 4.92 Å². The van der Waals surface area contributed by atoms with E-state index in [0.29, 0.717) is 12.2 Å². The minimum absolute atomic E-state index is 0.0882. The molecule has 0 amide bonds. The van der Waals surface area contributed by atoms with Crippen LogP contribution in [-0.2, 0) is 6.54 Å². The van der Waals surface area contributed by atoms with E-state index in [2.05, 4.69) is 15.5 Å². The minimum Gasteiger partial charge on any atom is -0.359 e. The van der Waals surface area contributed by atoms with Crippen LogP contribution >= 0.6 is 0 Å². The normalized spacial score (nSPS) is 10.3. The van der Waals surface area contributed by atoms with Gasteiger partial charge in [-0.1, -0.05) is 60.7 Å². The highest BCUT2D eigenvalue weighted by molar-refractivity contribution is 5.66. The number of benzene rings is 2. The Hall–Kier alpha value is -3.28. The molecule has 0 fully saturated rings. The van der Waals surface area contributed by atoms with E-state index in [1.54, 1.807) is 0 Å². The molecule has 114 valence electrons. The van der Waals surface area contributed by atoms with Gasteiger partial charge in [-0.2, -0.15) is 0 Å². The summed E-state index contributed by atoms with van der Waals surface area (Å²) in [7, 11) is 0. The monoisotopic (exact) mass is 306 g/mol. The van der Waals surface area contributed by atoms with Crippen LogP contribution < -0.4 is 5.32 Å². The van der Waals surface area contributed by atoms with Gasteiger partial charge in [0.2, 0.25) is 5.82 Å². The largest absolute Gasteiger partial charge is 0.359 e. The van der Waals surface area contributed by atoms with E-state index in [1.807, 2.05) is 60.7 Å². The molecule has 0 unspecified atom stereocenters. The van der Waals surface area contributed by atoms with E-state index in [4.69, 9.17) is 0 Å². The van der Waals surface area contributed by atoms with Crippen LogP contribution in [0.3, 0.4) is 0 Å². The number of nitrogens with zero attached hydrogens (tertiary/aromatic N) is 3. The highest BCUT2D eigenvalue weighted by Crippen LogP contribution is 2.26. The summed E-state index contributed by atoms with van der Waals surface area (Å²) >= 11 is 0. The number of rotatable bonds is 5. The van der Waals surface area contributed by atoms with Gasteiger partial charge in [0.15, 0.2) is 0 Å². The third-order valence-electron chi connectivity index (χ3n) is 3.34. The van der Waals surface area contributed by atoms with Crippen LogP contribution in [0.5, 0.6) is 0 Å². The smallest absolute Gasteiger partial charge is 0.315 e. The molecule has 1 aromatic heterocycles. The average Bonchev–Trinajstić information content (AvgIpc) is 2.61. The van der Waals surface area contributed by atoms with E-state index in [9.17, 15) is 10.1 Å². The third kappa shape index (κ3) is 3.49. The van der Waals surface area contributed by atoms with Gasteiger partial charge in [0.1, 0.15) is 0 Å². The fourth-order valence-corrected chi connectivity index (χ4v) is 2.18. The van der Waals surface area contributed by atoms with Crippen LogP contribution in [0.4, 0.5) is 11.5 Å². The molecule has 0 saturated heterocycles. The maximum Gasteiger partial charge on any atom is 0.315 e. The maximum absolute atomic E-state index is 11.3. The average molecular weight is 306 g/mol. The summed E-state index contributed by atoms with van der Waals surface area (Å²) in [6.07, 6.45) is 0. The molecule has 23 heavy (non-hydrogen) atoms. The molecular formula is C17H14N4O2. The Labute approximate surface area is 133 Å². The second-order valence-electron chi connectivity index (χ2n) is 4.93. The summed E-state index contributed by atoms with van der Waals surface area (Å²) in [6.45, 7) is 0.445. The number of aromatic nitrogens is 2. The molecule has 3 aromatic rings. The molecule has 0 atom stereocenters. The Morgan fingerprint density at radius 3 is 2.26 bits per heavy atom. The van der Waals surface area contributed by atoms with Crippen LogP contribution in [0.2, 0.25) is 0 Å². The Morgan fingerprint density at radius 2 is 1.61 bits per heavy atom. The van der Waals surface area contributed by atoms with Crippen molar-refractivity contribution in [1.29, 1.82) is 0 Å². The molecule has 0 radical (unpaired) electrons. The molecule has 3 rings (SSSR count). The highest BCUT2D eigenvalue weighted by atomic mass is 16.6. The summed E-state index contributed by atoms with van der Waals surface area (Å²) in [5, 5.41) is 22.4. The molecule has 1 heterocycles. The zero-order valence-corrected chi connectivity index (χ0v) is 12.2. The fourth-order valence-electron chi connectivity index (χ4n) is 2.18. The van der Waals surface area contributed by atoms with Crippen molar-refractivity contribution in [1.82, 2.24) is 10.2 Å². The van der Waals surface area contributed by atoms with Crippen molar-refractivity contribution >= 4 is 11.5 Å². The van der Waals surface area contributed by atoms with Gasteiger partial charge in [-0.25, -0.2) is 0 Å². The Bertz CT molecular complexity index is 807. The zero-order valence-electron chi connectivity index (χ0n) is 12.2. The Morgan fingerprint density at radius 1 is 0.957 bits per heavy atom. The van der Waals surface area contributed by atoms with E-state index >= 15 is 0 Å². The molecule has 2 aromatic carbocycles. The number of anilines is 1. The summed E-state index contributed by atoms with van der Waals surface area (Å²) in [5.41, 5.74) is 2.19. The van der Waals surface area contributed by atoms with Gasteiger partial charge in [0, 0.05) is 18.2 Å². The number of nitro groups is 1. The fraction of sp³-hybridized carbons (Fsp3) is 0.0588. The Kier molecular flexibility index (Phi) is 4.24. The molecule has 0 aliphatic heterocycles. The first kappa shape index (κ1) is 14.6. The lowest BCUT2D eigenvalue weighted by Crippen LogP contribution is -2.06. The quantitative estimate of drug-likeness (QED) is 0.574. The predicted octanol–water partition coefficient (Wildman–Crippen LogP) is 3.66. The maximum atomic E-state index is 11.3. The second kappa shape index (κ2) is 6.65. The molecular weight excluding hydrogens is 292 g/mol. The lowest BCUT2D eigenvalue weighted by molar-refractivity contribution is -0.384. The van der Waals surface area contributed by atoms with Gasteiger partial charge in [-0.3, -0.25) is 10.1 Å². The lowest BCUT2D eigenvalue weighted by atomic mass is 10.1. The zero-order chi connectivity index (χ0) is 16.1. The van der Waals surface area contributed by atoms with Crippen molar-refractivity contribution in [3.05, 3.63) is 82.4 Å². The number of nitrogens with one attached hydrogen (secondary N) is 1. The molecule has 1 N–H and O–H groups in total. The van der Waals surface area contributed by atoms with Crippen molar-refractivity contribution < 1.29 is 4.92 Å². The van der Waals surface area contributed by atoms with Gasteiger partial charge in [-0.05, 0) is 5.56 Å². The van der Waals surface area contributed by atoms with E-state index in [1.165, 1.54) is 6.07 Å². The van der Waals surface area contributed by atoms with Gasteiger partial charge >= 0.3 is 5.69 Å². The first-order chi connectivity index (χ1) is 11.2. The predicted molar refractivity (Wildman–Crippen MR) is 87.9 cm³/mol. The standard InChI is InChI=1S/C17H14N4O2/c22-21(23)16-11-15(14-9-5-2-6-10-14)19-20-17(16)18-12-13-7-3-1-4-8-13/h1-11H,12H2,(H,18,20). The molecule has 0 saturated carbocycles. The van der Waals surface area contributed by atoms with Gasteiger partial charge in [0.25, 0.3) is 0 Å². The summed E-state index contributed by atoms with van der Waals surface area (Å²) in [4.78, 5) is 10.9. The van der Waals surface area contributed by atoms with Gasteiger partial charge in [0.05, 0.1) is 10.6 Å². The topological polar surface area (TPSA) is 81.0 Å². The van der Waals surface area contributed by atoms with Crippen molar-refractivity contribution in [3.63, 3.8) is 0 Å². The van der Waals surface area contributed by atoms with Crippen molar-refractivity contribution in [2.75, 3.05) is 5.32 Å². The highest BCUT2D eigenvalue weighted by Gasteiger charge is 2.18. The van der Waals surface area contributed by atoms with Gasteiger partial charge < -0.3 is 5.32 Å². The lowest BCUT2D eigenvalue weighted by Gasteiger charge is -2.07. The first-order valence-electron chi connectivity index (χ1n) is 7.09. The van der Waals surface area contributed by atoms with Crippen molar-refractivity contribution in [2.45, 2.75) is 6.54 Å². The molecule has 0 spiro atoms. The van der Waals surface area contributed by atoms with Crippen LogP contribution in [0.15, 0.2) is 66.7 Å². The molecule has 0 aliphatic carbocycles.